The second-order valence-corrected chi connectivity index (χ2v) is 5.24. The molecule has 0 radical (unpaired) electrons. The lowest BCUT2D eigenvalue weighted by atomic mass is 10.2. The molecule has 17 heavy (non-hydrogen) atoms. The summed E-state index contributed by atoms with van der Waals surface area (Å²) in [7, 11) is -1.21. The lowest BCUT2D eigenvalue weighted by Gasteiger charge is -2.15. The van der Waals surface area contributed by atoms with Crippen molar-refractivity contribution in [3.63, 3.8) is 0 Å². The summed E-state index contributed by atoms with van der Waals surface area (Å²) in [6.07, 6.45) is 0. The maximum Gasteiger partial charge on any atom is 0.395 e. The third kappa shape index (κ3) is 3.27. The highest BCUT2D eigenvalue weighted by atomic mass is 31.2. The van der Waals surface area contributed by atoms with E-state index < -0.39 is 13.6 Å². The summed E-state index contributed by atoms with van der Waals surface area (Å²) in [5.41, 5.74) is -0.0104. The number of carbonyl (C=O) groups is 1. The van der Waals surface area contributed by atoms with E-state index in [2.05, 4.69) is 15.6 Å². The molecule has 0 aliphatic carbocycles. The molecular formula is C11H13O5P. The maximum absolute atomic E-state index is 11.8. The number of esters is 1. The first-order chi connectivity index (χ1) is 8.03. The molecule has 5 nitrogen and oxygen atoms in total. The predicted molar refractivity (Wildman–Crippen MR) is 62.6 cm³/mol. The second kappa shape index (κ2) is 5.77. The van der Waals surface area contributed by atoms with Crippen molar-refractivity contribution in [1.29, 1.82) is 0 Å². The third-order valence-electron chi connectivity index (χ3n) is 2.01. The van der Waals surface area contributed by atoms with Crippen LogP contribution in [0.15, 0.2) is 42.4 Å². The van der Waals surface area contributed by atoms with E-state index in [1.54, 1.807) is 30.3 Å². The smallest absolute Gasteiger partial charge is 0.395 e. The van der Waals surface area contributed by atoms with Gasteiger partial charge in [-0.05, 0) is 18.7 Å². The molecule has 0 heterocycles. The fraction of sp³-hybridized carbons (Fsp3) is 0.182. The SMILES string of the molecule is C=C(OC(=O)c1ccccc1)P(=O)(OC)OC. The summed E-state index contributed by atoms with van der Waals surface area (Å²) in [5, 5.41) is 0. The van der Waals surface area contributed by atoms with Crippen LogP contribution in [0.25, 0.3) is 0 Å². The van der Waals surface area contributed by atoms with Gasteiger partial charge < -0.3 is 13.8 Å². The van der Waals surface area contributed by atoms with Crippen LogP contribution in [0.1, 0.15) is 10.4 Å². The first-order valence-electron chi connectivity index (χ1n) is 4.71. The van der Waals surface area contributed by atoms with Gasteiger partial charge in [0.05, 0.1) is 5.56 Å². The number of rotatable bonds is 5. The molecule has 92 valence electrons. The van der Waals surface area contributed by atoms with Crippen molar-refractivity contribution in [2.24, 2.45) is 0 Å². The molecule has 0 aliphatic heterocycles. The van der Waals surface area contributed by atoms with Crippen LogP contribution in [0.3, 0.4) is 0 Å². The Morgan fingerprint density at radius 3 is 2.18 bits per heavy atom. The van der Waals surface area contributed by atoms with Gasteiger partial charge >= 0.3 is 13.6 Å². The van der Waals surface area contributed by atoms with Crippen LogP contribution in [0.2, 0.25) is 0 Å². The predicted octanol–water partition coefficient (Wildman–Crippen LogP) is 2.80. The number of hydrogen-bond donors (Lipinski definition) is 0. The second-order valence-electron chi connectivity index (χ2n) is 3.01. The van der Waals surface area contributed by atoms with E-state index in [9.17, 15) is 9.36 Å². The van der Waals surface area contributed by atoms with Gasteiger partial charge in [0.1, 0.15) is 0 Å². The number of benzene rings is 1. The molecular weight excluding hydrogens is 243 g/mol. The average Bonchev–Trinajstić information content (AvgIpc) is 2.38. The summed E-state index contributed by atoms with van der Waals surface area (Å²) < 4.78 is 25.9. The molecule has 1 aromatic carbocycles. The highest BCUT2D eigenvalue weighted by Gasteiger charge is 2.30. The van der Waals surface area contributed by atoms with Crippen molar-refractivity contribution in [3.8, 4) is 0 Å². The molecule has 1 aromatic rings. The average molecular weight is 256 g/mol. The van der Waals surface area contributed by atoms with Gasteiger partial charge in [0.15, 0.2) is 0 Å². The van der Waals surface area contributed by atoms with Crippen LogP contribution < -0.4 is 0 Å². The molecule has 0 aliphatic rings. The monoisotopic (exact) mass is 256 g/mol. The highest BCUT2D eigenvalue weighted by Crippen LogP contribution is 2.54. The van der Waals surface area contributed by atoms with E-state index >= 15 is 0 Å². The van der Waals surface area contributed by atoms with E-state index in [0.29, 0.717) is 5.56 Å². The van der Waals surface area contributed by atoms with Crippen LogP contribution in [-0.2, 0) is 18.3 Å². The summed E-state index contributed by atoms with van der Waals surface area (Å²) in [6, 6.07) is 8.28. The van der Waals surface area contributed by atoms with E-state index in [1.807, 2.05) is 0 Å². The first-order valence-corrected chi connectivity index (χ1v) is 6.26. The van der Waals surface area contributed by atoms with E-state index in [0.717, 1.165) is 0 Å². The summed E-state index contributed by atoms with van der Waals surface area (Å²) in [4.78, 5) is 11.6. The van der Waals surface area contributed by atoms with Crippen LogP contribution in [-0.4, -0.2) is 20.2 Å². The van der Waals surface area contributed by atoms with Gasteiger partial charge in [-0.15, -0.1) is 0 Å². The Kier molecular flexibility index (Phi) is 4.63. The number of ether oxygens (including phenoxy) is 1. The van der Waals surface area contributed by atoms with Crippen molar-refractivity contribution in [1.82, 2.24) is 0 Å². The van der Waals surface area contributed by atoms with Crippen molar-refractivity contribution in [2.45, 2.75) is 0 Å². The number of carbonyl (C=O) groups excluding carboxylic acids is 1. The topological polar surface area (TPSA) is 61.8 Å². The minimum absolute atomic E-state index is 0.326. The zero-order chi connectivity index (χ0) is 12.9. The molecule has 0 bridgehead atoms. The zero-order valence-electron chi connectivity index (χ0n) is 9.58. The van der Waals surface area contributed by atoms with Gasteiger partial charge in [0.2, 0.25) is 5.50 Å². The third-order valence-corrected chi connectivity index (χ3v) is 3.67. The quantitative estimate of drug-likeness (QED) is 0.460. The molecule has 0 fully saturated rings. The van der Waals surface area contributed by atoms with Gasteiger partial charge in [0.25, 0.3) is 0 Å². The molecule has 0 aromatic heterocycles. The Bertz CT molecular complexity index is 446. The van der Waals surface area contributed by atoms with Crippen LogP contribution >= 0.6 is 7.60 Å². The van der Waals surface area contributed by atoms with Crippen molar-refractivity contribution < 1.29 is 23.1 Å². The van der Waals surface area contributed by atoms with Crippen LogP contribution in [0, 0.1) is 0 Å². The van der Waals surface area contributed by atoms with E-state index in [1.165, 1.54) is 14.2 Å². The van der Waals surface area contributed by atoms with Gasteiger partial charge in [-0.25, -0.2) is 4.79 Å². The first kappa shape index (κ1) is 13.6. The molecule has 1 rings (SSSR count). The van der Waals surface area contributed by atoms with Gasteiger partial charge in [0, 0.05) is 14.2 Å². The molecule has 0 N–H and O–H groups in total. The highest BCUT2D eigenvalue weighted by molar-refractivity contribution is 7.58. The molecule has 0 saturated carbocycles. The summed E-state index contributed by atoms with van der Waals surface area (Å²) in [5.74, 6) is -0.662. The molecule has 6 heteroatoms. The van der Waals surface area contributed by atoms with Crippen LogP contribution in [0.5, 0.6) is 0 Å². The minimum atomic E-state index is -3.58. The van der Waals surface area contributed by atoms with Crippen molar-refractivity contribution in [2.75, 3.05) is 14.2 Å². The van der Waals surface area contributed by atoms with E-state index in [-0.39, 0.29) is 5.50 Å². The largest absolute Gasteiger partial charge is 0.415 e. The zero-order valence-corrected chi connectivity index (χ0v) is 10.5. The van der Waals surface area contributed by atoms with Crippen LogP contribution in [0.4, 0.5) is 0 Å². The Balaban J connectivity index is 2.77. The maximum atomic E-state index is 11.8. The Labute approximate surface area is 99.5 Å². The van der Waals surface area contributed by atoms with Crippen molar-refractivity contribution in [3.05, 3.63) is 48.0 Å². The molecule has 0 unspecified atom stereocenters. The number of hydrogen-bond acceptors (Lipinski definition) is 5. The Morgan fingerprint density at radius 1 is 1.18 bits per heavy atom. The van der Waals surface area contributed by atoms with Crippen molar-refractivity contribution >= 4 is 13.6 Å². The Morgan fingerprint density at radius 2 is 1.71 bits per heavy atom. The lowest BCUT2D eigenvalue weighted by Crippen LogP contribution is -2.06. The normalized spacial score (nSPS) is 10.9. The summed E-state index contributed by atoms with van der Waals surface area (Å²) >= 11 is 0. The Hall–Kier alpha value is -1.42. The fourth-order valence-electron chi connectivity index (χ4n) is 1.07. The standard InChI is InChI=1S/C11H13O5P/c1-9(17(13,14-2)15-3)16-11(12)10-7-5-4-6-8-10/h4-8H,1H2,2-3H3. The summed E-state index contributed by atoms with van der Waals surface area (Å²) in [6.45, 7) is 3.38. The lowest BCUT2D eigenvalue weighted by molar-refractivity contribution is 0.0633. The molecule has 0 spiro atoms. The van der Waals surface area contributed by atoms with Gasteiger partial charge in [-0.1, -0.05) is 18.2 Å². The molecule has 0 amide bonds. The fourth-order valence-corrected chi connectivity index (χ4v) is 1.83. The molecule has 0 saturated heterocycles. The van der Waals surface area contributed by atoms with Gasteiger partial charge in [-0.2, -0.15) is 0 Å². The molecule has 0 atom stereocenters. The van der Waals surface area contributed by atoms with E-state index in [4.69, 9.17) is 4.74 Å². The van der Waals surface area contributed by atoms with Gasteiger partial charge in [-0.3, -0.25) is 4.57 Å². The minimum Gasteiger partial charge on any atom is -0.415 e.